The zero-order valence-corrected chi connectivity index (χ0v) is 11.8. The van der Waals surface area contributed by atoms with Crippen molar-refractivity contribution in [3.05, 3.63) is 35.4 Å². The fourth-order valence-corrected chi connectivity index (χ4v) is 2.49. The highest BCUT2D eigenvalue weighted by atomic mass is 16.5. The maximum atomic E-state index is 12.3. The molecule has 1 heterocycles. The first-order chi connectivity index (χ1) is 10.0. The van der Waals surface area contributed by atoms with Gasteiger partial charge in [-0.1, -0.05) is 12.1 Å². The lowest BCUT2D eigenvalue weighted by atomic mass is 10.1. The van der Waals surface area contributed by atoms with Crippen LogP contribution in [0.25, 0.3) is 0 Å². The van der Waals surface area contributed by atoms with Crippen molar-refractivity contribution in [1.29, 1.82) is 5.26 Å². The monoisotopic (exact) mass is 287 g/mol. The van der Waals surface area contributed by atoms with Crippen LogP contribution in [0, 0.1) is 11.3 Å². The van der Waals surface area contributed by atoms with E-state index in [4.69, 9.17) is 15.7 Å². The van der Waals surface area contributed by atoms with E-state index in [2.05, 4.69) is 0 Å². The molecule has 1 aromatic rings. The minimum Gasteiger partial charge on any atom is -0.380 e. The summed E-state index contributed by atoms with van der Waals surface area (Å²) in [5.74, 6) is -0.675. The fraction of sp³-hybridized carbons (Fsp3) is 0.400. The standard InChI is InChI=1S/C15H17N3O3/c1-21-12-7-13(15(17)20)18(9-12)14(19)6-10-2-4-11(8-16)5-3-10/h2-5,12-13H,6-7,9H2,1H3,(H2,17,20)/t12-,13-/m0/s1. The molecule has 0 bridgehead atoms. The van der Waals surface area contributed by atoms with Gasteiger partial charge in [0.2, 0.25) is 11.8 Å². The van der Waals surface area contributed by atoms with Gasteiger partial charge in [0.05, 0.1) is 24.2 Å². The van der Waals surface area contributed by atoms with E-state index in [1.54, 1.807) is 31.4 Å². The quantitative estimate of drug-likeness (QED) is 0.855. The molecular weight excluding hydrogens is 270 g/mol. The molecule has 0 unspecified atom stereocenters. The van der Waals surface area contributed by atoms with E-state index in [9.17, 15) is 9.59 Å². The van der Waals surface area contributed by atoms with Gasteiger partial charge >= 0.3 is 0 Å². The maximum Gasteiger partial charge on any atom is 0.240 e. The van der Waals surface area contributed by atoms with Crippen molar-refractivity contribution >= 4 is 11.8 Å². The molecule has 0 spiro atoms. The molecule has 2 N–H and O–H groups in total. The Hall–Kier alpha value is -2.39. The van der Waals surface area contributed by atoms with Crippen molar-refractivity contribution in [2.45, 2.75) is 25.0 Å². The van der Waals surface area contributed by atoms with E-state index in [0.29, 0.717) is 18.5 Å². The predicted molar refractivity (Wildman–Crippen MR) is 75.0 cm³/mol. The third kappa shape index (κ3) is 3.38. The van der Waals surface area contributed by atoms with Crippen LogP contribution in [-0.2, 0) is 20.7 Å². The first-order valence-corrected chi connectivity index (χ1v) is 6.65. The highest BCUT2D eigenvalue weighted by Gasteiger charge is 2.38. The Balaban J connectivity index is 2.07. The van der Waals surface area contributed by atoms with Crippen LogP contribution in [-0.4, -0.2) is 42.5 Å². The number of carbonyl (C=O) groups is 2. The molecule has 6 heteroatoms. The Morgan fingerprint density at radius 3 is 2.62 bits per heavy atom. The molecule has 1 aliphatic rings. The normalized spacial score (nSPS) is 21.0. The number of hydrogen-bond donors (Lipinski definition) is 1. The Morgan fingerprint density at radius 1 is 1.43 bits per heavy atom. The van der Waals surface area contributed by atoms with Crippen molar-refractivity contribution in [3.63, 3.8) is 0 Å². The average Bonchev–Trinajstić information content (AvgIpc) is 2.92. The molecule has 110 valence electrons. The van der Waals surface area contributed by atoms with E-state index in [1.807, 2.05) is 6.07 Å². The number of rotatable bonds is 4. The van der Waals surface area contributed by atoms with Crippen LogP contribution >= 0.6 is 0 Å². The van der Waals surface area contributed by atoms with Crippen LogP contribution in [0.15, 0.2) is 24.3 Å². The lowest BCUT2D eigenvalue weighted by Gasteiger charge is -2.22. The highest BCUT2D eigenvalue weighted by Crippen LogP contribution is 2.21. The molecule has 0 aromatic heterocycles. The van der Waals surface area contributed by atoms with Crippen LogP contribution in [0.4, 0.5) is 0 Å². The van der Waals surface area contributed by atoms with Crippen LogP contribution in [0.5, 0.6) is 0 Å². The van der Waals surface area contributed by atoms with Gasteiger partial charge in [-0.3, -0.25) is 9.59 Å². The summed E-state index contributed by atoms with van der Waals surface area (Å²) < 4.78 is 5.21. The van der Waals surface area contributed by atoms with E-state index in [0.717, 1.165) is 5.56 Å². The molecule has 1 saturated heterocycles. The summed E-state index contributed by atoms with van der Waals surface area (Å²) in [4.78, 5) is 25.3. The summed E-state index contributed by atoms with van der Waals surface area (Å²) in [6.45, 7) is 0.374. The summed E-state index contributed by atoms with van der Waals surface area (Å²) >= 11 is 0. The Kier molecular flexibility index (Phi) is 4.55. The molecule has 2 amide bonds. The first kappa shape index (κ1) is 15.0. The van der Waals surface area contributed by atoms with Crippen molar-refractivity contribution in [1.82, 2.24) is 4.90 Å². The van der Waals surface area contributed by atoms with Crippen LogP contribution in [0.3, 0.4) is 0 Å². The van der Waals surface area contributed by atoms with Gasteiger partial charge in [0.1, 0.15) is 6.04 Å². The van der Waals surface area contributed by atoms with E-state index in [1.165, 1.54) is 4.90 Å². The van der Waals surface area contributed by atoms with Crippen LogP contribution in [0.1, 0.15) is 17.5 Å². The molecule has 0 aliphatic carbocycles. The molecule has 6 nitrogen and oxygen atoms in total. The van der Waals surface area contributed by atoms with Gasteiger partial charge in [0, 0.05) is 20.1 Å². The Bertz CT molecular complexity index is 577. The minimum absolute atomic E-state index is 0.160. The zero-order chi connectivity index (χ0) is 15.4. The summed E-state index contributed by atoms with van der Waals surface area (Å²) in [5.41, 5.74) is 6.69. The summed E-state index contributed by atoms with van der Waals surface area (Å²) in [6, 6.07) is 8.21. The molecule has 1 fully saturated rings. The van der Waals surface area contributed by atoms with Crippen molar-refractivity contribution in [2.24, 2.45) is 5.73 Å². The lowest BCUT2D eigenvalue weighted by Crippen LogP contribution is -2.44. The number of primary amides is 1. The zero-order valence-electron chi connectivity index (χ0n) is 11.8. The average molecular weight is 287 g/mol. The van der Waals surface area contributed by atoms with Crippen LogP contribution in [0.2, 0.25) is 0 Å². The van der Waals surface area contributed by atoms with Gasteiger partial charge in [0.25, 0.3) is 0 Å². The molecule has 2 rings (SSSR count). The molecule has 21 heavy (non-hydrogen) atoms. The number of carbonyl (C=O) groups excluding carboxylic acids is 2. The molecule has 0 saturated carbocycles. The number of likely N-dealkylation sites (tertiary alicyclic amines) is 1. The number of ether oxygens (including phenoxy) is 1. The molecule has 1 aromatic carbocycles. The van der Waals surface area contributed by atoms with Gasteiger partial charge in [-0.25, -0.2) is 0 Å². The third-order valence-electron chi connectivity index (χ3n) is 3.68. The number of nitrogens with zero attached hydrogens (tertiary/aromatic N) is 2. The molecular formula is C15H17N3O3. The highest BCUT2D eigenvalue weighted by molar-refractivity contribution is 5.88. The molecule has 2 atom stereocenters. The topological polar surface area (TPSA) is 96.4 Å². The smallest absolute Gasteiger partial charge is 0.240 e. The maximum absolute atomic E-state index is 12.3. The van der Waals surface area contributed by atoms with Gasteiger partial charge < -0.3 is 15.4 Å². The first-order valence-electron chi connectivity index (χ1n) is 6.65. The molecule has 1 aliphatic heterocycles. The number of amides is 2. The number of hydrogen-bond acceptors (Lipinski definition) is 4. The largest absolute Gasteiger partial charge is 0.380 e. The van der Waals surface area contributed by atoms with Gasteiger partial charge in [-0.05, 0) is 17.7 Å². The number of nitriles is 1. The second-order valence-corrected chi connectivity index (χ2v) is 5.04. The Morgan fingerprint density at radius 2 is 2.10 bits per heavy atom. The van der Waals surface area contributed by atoms with Crippen molar-refractivity contribution in [3.8, 4) is 6.07 Å². The summed E-state index contributed by atoms with van der Waals surface area (Å²) in [7, 11) is 1.55. The predicted octanol–water partition coefficient (Wildman–Crippen LogP) is 0.202. The van der Waals surface area contributed by atoms with Gasteiger partial charge in [0.15, 0.2) is 0 Å². The molecule has 0 radical (unpaired) electrons. The van der Waals surface area contributed by atoms with Gasteiger partial charge in [-0.15, -0.1) is 0 Å². The summed E-state index contributed by atoms with van der Waals surface area (Å²) in [5, 5.41) is 8.74. The summed E-state index contributed by atoms with van der Waals surface area (Å²) in [6.07, 6.45) is 0.448. The number of nitrogens with two attached hydrogens (primary N) is 1. The minimum atomic E-state index is -0.610. The van der Waals surface area contributed by atoms with Crippen molar-refractivity contribution < 1.29 is 14.3 Å². The van der Waals surface area contributed by atoms with Crippen molar-refractivity contribution in [2.75, 3.05) is 13.7 Å². The van der Waals surface area contributed by atoms with E-state index < -0.39 is 11.9 Å². The second kappa shape index (κ2) is 6.37. The lowest BCUT2D eigenvalue weighted by molar-refractivity contribution is -0.136. The fourth-order valence-electron chi connectivity index (χ4n) is 2.49. The van der Waals surface area contributed by atoms with E-state index >= 15 is 0 Å². The SMILES string of the molecule is CO[C@H]1C[C@@H](C(N)=O)N(C(=O)Cc2ccc(C#N)cc2)C1. The van der Waals surface area contributed by atoms with Crippen LogP contribution < -0.4 is 5.73 Å². The number of benzene rings is 1. The Labute approximate surface area is 123 Å². The third-order valence-corrected chi connectivity index (χ3v) is 3.68. The van der Waals surface area contributed by atoms with E-state index in [-0.39, 0.29) is 18.4 Å². The van der Waals surface area contributed by atoms with Gasteiger partial charge in [-0.2, -0.15) is 5.26 Å². The number of methoxy groups -OCH3 is 1. The second-order valence-electron chi connectivity index (χ2n) is 5.04.